The number of anilines is 1. The first-order chi connectivity index (χ1) is 10.1. The molecule has 2 aromatic carbocycles. The van der Waals surface area contributed by atoms with Crippen molar-refractivity contribution < 1.29 is 18.7 Å². The third-order valence-corrected chi connectivity index (χ3v) is 2.63. The van der Waals surface area contributed by atoms with Gasteiger partial charge in [-0.1, -0.05) is 24.0 Å². The van der Waals surface area contributed by atoms with Crippen LogP contribution in [0.5, 0.6) is 0 Å². The normalized spacial score (nSPS) is 9.67. The molecular formula is C16H11F2NO2. The first kappa shape index (κ1) is 14.7. The van der Waals surface area contributed by atoms with Gasteiger partial charge in [-0.15, -0.1) is 0 Å². The van der Waals surface area contributed by atoms with E-state index in [2.05, 4.69) is 17.2 Å². The summed E-state index contributed by atoms with van der Waals surface area (Å²) in [5, 5.41) is 11.1. The third-order valence-electron chi connectivity index (χ3n) is 2.63. The maximum atomic E-state index is 13.5. The molecule has 0 aliphatic rings. The summed E-state index contributed by atoms with van der Waals surface area (Å²) in [7, 11) is 0. The van der Waals surface area contributed by atoms with E-state index in [9.17, 15) is 13.6 Å². The molecule has 2 aromatic rings. The van der Waals surface area contributed by atoms with Gasteiger partial charge in [-0.3, -0.25) is 4.79 Å². The number of halogens is 2. The van der Waals surface area contributed by atoms with Gasteiger partial charge in [0.25, 0.3) is 5.91 Å². The van der Waals surface area contributed by atoms with Crippen LogP contribution in [0.2, 0.25) is 0 Å². The van der Waals surface area contributed by atoms with Gasteiger partial charge in [0.05, 0.1) is 5.56 Å². The number of aliphatic hydroxyl groups excluding tert-OH is 1. The summed E-state index contributed by atoms with van der Waals surface area (Å²) in [6, 6.07) is 9.91. The quantitative estimate of drug-likeness (QED) is 0.834. The van der Waals surface area contributed by atoms with E-state index in [1.807, 2.05) is 0 Å². The second-order valence-electron chi connectivity index (χ2n) is 4.10. The molecule has 0 spiro atoms. The lowest BCUT2D eigenvalue weighted by atomic mass is 10.1. The van der Waals surface area contributed by atoms with Crippen molar-refractivity contribution in [2.24, 2.45) is 0 Å². The van der Waals surface area contributed by atoms with E-state index >= 15 is 0 Å². The summed E-state index contributed by atoms with van der Waals surface area (Å²) in [6.45, 7) is -0.273. The van der Waals surface area contributed by atoms with Gasteiger partial charge in [0.1, 0.15) is 6.61 Å². The standard InChI is InChI=1S/C16H11F2NO2/c17-14-8-2-7-13(15(14)18)16(21)19-12-6-1-4-11(10-12)5-3-9-20/h1-2,4,6-8,10,20H,9H2,(H,19,21). The van der Waals surface area contributed by atoms with Crippen molar-refractivity contribution in [3.8, 4) is 11.8 Å². The zero-order valence-corrected chi connectivity index (χ0v) is 10.9. The lowest BCUT2D eigenvalue weighted by molar-refractivity contribution is 0.102. The van der Waals surface area contributed by atoms with Crippen molar-refractivity contribution in [3.05, 3.63) is 65.2 Å². The summed E-state index contributed by atoms with van der Waals surface area (Å²) >= 11 is 0. The highest BCUT2D eigenvalue weighted by Crippen LogP contribution is 2.15. The van der Waals surface area contributed by atoms with Gasteiger partial charge in [-0.2, -0.15) is 0 Å². The number of hydrogen-bond acceptors (Lipinski definition) is 2. The van der Waals surface area contributed by atoms with Crippen LogP contribution >= 0.6 is 0 Å². The lowest BCUT2D eigenvalue weighted by Gasteiger charge is -2.06. The zero-order valence-electron chi connectivity index (χ0n) is 10.9. The maximum Gasteiger partial charge on any atom is 0.258 e. The molecule has 0 unspecified atom stereocenters. The van der Waals surface area contributed by atoms with E-state index < -0.39 is 17.5 Å². The van der Waals surface area contributed by atoms with Gasteiger partial charge in [0, 0.05) is 11.3 Å². The Balaban J connectivity index is 2.22. The summed E-state index contributed by atoms with van der Waals surface area (Å²) in [5.74, 6) is 2.14. The second kappa shape index (κ2) is 6.64. The largest absolute Gasteiger partial charge is 0.384 e. The van der Waals surface area contributed by atoms with E-state index in [4.69, 9.17) is 5.11 Å². The van der Waals surface area contributed by atoms with Crippen LogP contribution in [0.25, 0.3) is 0 Å². The first-order valence-corrected chi connectivity index (χ1v) is 6.07. The molecular weight excluding hydrogens is 276 g/mol. The van der Waals surface area contributed by atoms with Crippen LogP contribution in [0.1, 0.15) is 15.9 Å². The van der Waals surface area contributed by atoms with E-state index in [-0.39, 0.29) is 12.2 Å². The summed E-state index contributed by atoms with van der Waals surface area (Å²) in [4.78, 5) is 11.9. The van der Waals surface area contributed by atoms with Crippen molar-refractivity contribution in [1.29, 1.82) is 0 Å². The molecule has 0 radical (unpaired) electrons. The smallest absolute Gasteiger partial charge is 0.258 e. The van der Waals surface area contributed by atoms with Crippen LogP contribution in [0.3, 0.4) is 0 Å². The Bertz CT molecular complexity index is 733. The van der Waals surface area contributed by atoms with Crippen molar-refractivity contribution in [2.75, 3.05) is 11.9 Å². The number of benzene rings is 2. The molecule has 2 N–H and O–H groups in total. The average molecular weight is 287 g/mol. The molecule has 2 rings (SSSR count). The van der Waals surface area contributed by atoms with E-state index in [0.29, 0.717) is 11.3 Å². The fraction of sp³-hybridized carbons (Fsp3) is 0.0625. The molecule has 0 fully saturated rings. The molecule has 106 valence electrons. The molecule has 0 atom stereocenters. The lowest BCUT2D eigenvalue weighted by Crippen LogP contribution is -2.14. The number of amides is 1. The van der Waals surface area contributed by atoms with Crippen LogP contribution in [0.4, 0.5) is 14.5 Å². The third kappa shape index (κ3) is 3.65. The number of carbonyl (C=O) groups excluding carboxylic acids is 1. The van der Waals surface area contributed by atoms with Crippen LogP contribution in [-0.4, -0.2) is 17.6 Å². The number of rotatable bonds is 2. The highest BCUT2D eigenvalue weighted by Gasteiger charge is 2.15. The molecule has 3 nitrogen and oxygen atoms in total. The fourth-order valence-corrected chi connectivity index (χ4v) is 1.69. The Morgan fingerprint density at radius 2 is 1.95 bits per heavy atom. The zero-order chi connectivity index (χ0) is 15.2. The Labute approximate surface area is 120 Å². The van der Waals surface area contributed by atoms with Crippen LogP contribution in [0, 0.1) is 23.5 Å². The Hall–Kier alpha value is -2.71. The molecule has 0 aliphatic heterocycles. The molecule has 0 aliphatic carbocycles. The Morgan fingerprint density at radius 1 is 1.19 bits per heavy atom. The Kier molecular flexibility index (Phi) is 4.64. The molecule has 0 saturated heterocycles. The minimum atomic E-state index is -1.19. The predicted molar refractivity (Wildman–Crippen MR) is 74.7 cm³/mol. The highest BCUT2D eigenvalue weighted by molar-refractivity contribution is 6.04. The number of aliphatic hydroxyl groups is 1. The number of nitrogens with one attached hydrogen (secondary N) is 1. The van der Waals surface area contributed by atoms with Gasteiger partial charge in [-0.25, -0.2) is 8.78 Å². The van der Waals surface area contributed by atoms with Crippen LogP contribution in [0.15, 0.2) is 42.5 Å². The van der Waals surface area contributed by atoms with Gasteiger partial charge < -0.3 is 10.4 Å². The molecule has 0 aromatic heterocycles. The minimum absolute atomic E-state index is 0.273. The molecule has 0 bridgehead atoms. The topological polar surface area (TPSA) is 49.3 Å². The molecule has 5 heteroatoms. The molecule has 0 saturated carbocycles. The summed E-state index contributed by atoms with van der Waals surface area (Å²) in [6.07, 6.45) is 0. The van der Waals surface area contributed by atoms with Gasteiger partial charge in [0.2, 0.25) is 0 Å². The summed E-state index contributed by atoms with van der Waals surface area (Å²) < 4.78 is 26.6. The van der Waals surface area contributed by atoms with Crippen molar-refractivity contribution in [2.45, 2.75) is 0 Å². The van der Waals surface area contributed by atoms with Gasteiger partial charge in [0.15, 0.2) is 11.6 Å². The molecule has 1 amide bonds. The van der Waals surface area contributed by atoms with E-state index in [1.54, 1.807) is 24.3 Å². The fourth-order valence-electron chi connectivity index (χ4n) is 1.69. The SMILES string of the molecule is O=C(Nc1cccc(C#CCO)c1)c1cccc(F)c1F. The first-order valence-electron chi connectivity index (χ1n) is 6.07. The van der Waals surface area contributed by atoms with Crippen molar-refractivity contribution in [1.82, 2.24) is 0 Å². The monoisotopic (exact) mass is 287 g/mol. The van der Waals surface area contributed by atoms with Crippen LogP contribution < -0.4 is 5.32 Å². The molecule has 0 heterocycles. The minimum Gasteiger partial charge on any atom is -0.384 e. The Morgan fingerprint density at radius 3 is 2.71 bits per heavy atom. The molecule has 21 heavy (non-hydrogen) atoms. The maximum absolute atomic E-state index is 13.5. The van der Waals surface area contributed by atoms with Crippen molar-refractivity contribution >= 4 is 11.6 Å². The van der Waals surface area contributed by atoms with Crippen LogP contribution in [-0.2, 0) is 0 Å². The predicted octanol–water partition coefficient (Wildman–Crippen LogP) is 2.56. The van der Waals surface area contributed by atoms with E-state index in [0.717, 1.165) is 6.07 Å². The second-order valence-corrected chi connectivity index (χ2v) is 4.10. The van der Waals surface area contributed by atoms with Crippen molar-refractivity contribution in [3.63, 3.8) is 0 Å². The van der Waals surface area contributed by atoms with Gasteiger partial charge >= 0.3 is 0 Å². The summed E-state index contributed by atoms with van der Waals surface area (Å²) in [5.41, 5.74) is 0.608. The number of carbonyl (C=O) groups is 1. The highest BCUT2D eigenvalue weighted by atomic mass is 19.2. The van der Waals surface area contributed by atoms with E-state index in [1.165, 1.54) is 12.1 Å². The number of hydrogen-bond donors (Lipinski definition) is 2. The average Bonchev–Trinajstić information content (AvgIpc) is 2.48. The van der Waals surface area contributed by atoms with Gasteiger partial charge in [-0.05, 0) is 30.3 Å².